The first kappa shape index (κ1) is 12.1. The largest absolute Gasteiger partial charge is 0.346 e. The summed E-state index contributed by atoms with van der Waals surface area (Å²) in [5, 5.41) is 2.92. The maximum absolute atomic E-state index is 13.5. The molecule has 0 saturated carbocycles. The van der Waals surface area contributed by atoms with Crippen molar-refractivity contribution in [1.29, 1.82) is 0 Å². The minimum absolute atomic E-state index is 0.309. The van der Waals surface area contributed by atoms with Crippen molar-refractivity contribution in [2.75, 3.05) is 18.5 Å². The molecule has 3 rings (SSSR count). The molecular weight excluding hydrogens is 247 g/mol. The number of pyridine rings is 1. The van der Waals surface area contributed by atoms with Crippen LogP contribution in [0.25, 0.3) is 0 Å². The molecule has 1 N–H and O–H groups in total. The van der Waals surface area contributed by atoms with Crippen molar-refractivity contribution >= 4 is 11.5 Å². The number of aromatic nitrogens is 1. The van der Waals surface area contributed by atoms with E-state index in [1.807, 2.05) is 6.07 Å². The van der Waals surface area contributed by atoms with E-state index in [-0.39, 0.29) is 12.1 Å². The zero-order valence-corrected chi connectivity index (χ0v) is 10.2. The van der Waals surface area contributed by atoms with Crippen LogP contribution in [-0.4, -0.2) is 18.2 Å². The molecule has 1 fully saturated rings. The molecule has 98 valence electrons. The summed E-state index contributed by atoms with van der Waals surface area (Å²) in [6, 6.07) is 10.1. The van der Waals surface area contributed by atoms with E-state index in [4.69, 9.17) is 9.47 Å². The lowest BCUT2D eigenvalue weighted by Gasteiger charge is -2.10. The monoisotopic (exact) mass is 260 g/mol. The van der Waals surface area contributed by atoms with Crippen molar-refractivity contribution in [3.8, 4) is 0 Å². The Bertz CT molecular complexity index is 554. The molecule has 0 spiro atoms. The zero-order chi connectivity index (χ0) is 13.1. The first-order valence-corrected chi connectivity index (χ1v) is 6.03. The van der Waals surface area contributed by atoms with Gasteiger partial charge in [-0.05, 0) is 24.3 Å². The number of anilines is 2. The molecule has 0 atom stereocenters. The minimum atomic E-state index is -0.338. The van der Waals surface area contributed by atoms with Gasteiger partial charge in [0, 0.05) is 11.8 Å². The topological polar surface area (TPSA) is 43.4 Å². The Balaban J connectivity index is 1.74. The summed E-state index contributed by atoms with van der Waals surface area (Å²) in [5.74, 6) is 0.266. The fourth-order valence-electron chi connectivity index (χ4n) is 1.87. The first-order valence-electron chi connectivity index (χ1n) is 6.03. The number of hydrogen-bond acceptors (Lipinski definition) is 4. The Morgan fingerprint density at radius 3 is 2.58 bits per heavy atom. The highest BCUT2D eigenvalue weighted by Gasteiger charge is 2.18. The molecular formula is C14H13FN2O2. The fraction of sp³-hybridized carbons (Fsp3) is 0.214. The van der Waals surface area contributed by atoms with Crippen LogP contribution < -0.4 is 5.32 Å². The van der Waals surface area contributed by atoms with Crippen molar-refractivity contribution in [3.63, 3.8) is 0 Å². The summed E-state index contributed by atoms with van der Waals surface area (Å²) < 4.78 is 24.2. The van der Waals surface area contributed by atoms with Gasteiger partial charge in [0.05, 0.1) is 18.9 Å². The molecule has 5 heteroatoms. The Morgan fingerprint density at radius 1 is 1.11 bits per heavy atom. The van der Waals surface area contributed by atoms with E-state index < -0.39 is 0 Å². The summed E-state index contributed by atoms with van der Waals surface area (Å²) >= 11 is 0. The first-order chi connectivity index (χ1) is 9.33. The molecule has 2 aromatic rings. The number of benzene rings is 1. The molecule has 19 heavy (non-hydrogen) atoms. The Hall–Kier alpha value is -1.98. The van der Waals surface area contributed by atoms with Gasteiger partial charge in [-0.3, -0.25) is 0 Å². The van der Waals surface area contributed by atoms with Crippen LogP contribution in [0.15, 0.2) is 42.6 Å². The SMILES string of the molecule is Fc1ccccc1Nc1ccc(C2OCCO2)cn1. The van der Waals surface area contributed by atoms with E-state index in [0.717, 1.165) is 5.56 Å². The van der Waals surface area contributed by atoms with Crippen molar-refractivity contribution < 1.29 is 13.9 Å². The third-order valence-electron chi connectivity index (χ3n) is 2.82. The second-order valence-electron chi connectivity index (χ2n) is 4.16. The molecule has 1 aliphatic rings. The summed E-state index contributed by atoms with van der Waals surface area (Å²) in [7, 11) is 0. The average Bonchev–Trinajstić information content (AvgIpc) is 2.96. The summed E-state index contributed by atoms with van der Waals surface area (Å²) in [6.45, 7) is 1.19. The predicted molar refractivity (Wildman–Crippen MR) is 68.6 cm³/mol. The molecule has 1 aromatic heterocycles. The standard InChI is InChI=1S/C14H13FN2O2/c15-11-3-1-2-4-12(11)17-13-6-5-10(9-16-13)14-18-7-8-19-14/h1-6,9,14H,7-8H2,(H,16,17). The van der Waals surface area contributed by atoms with Gasteiger partial charge in [-0.25, -0.2) is 9.37 Å². The smallest absolute Gasteiger partial charge is 0.185 e. The van der Waals surface area contributed by atoms with Crippen LogP contribution in [0.2, 0.25) is 0 Å². The zero-order valence-electron chi connectivity index (χ0n) is 10.2. The number of nitrogens with one attached hydrogen (secondary N) is 1. The van der Waals surface area contributed by atoms with Gasteiger partial charge in [0.2, 0.25) is 0 Å². The molecule has 1 aromatic carbocycles. The third kappa shape index (κ3) is 2.72. The van der Waals surface area contributed by atoms with E-state index in [2.05, 4.69) is 10.3 Å². The lowest BCUT2D eigenvalue weighted by Crippen LogP contribution is -2.01. The summed E-state index contributed by atoms with van der Waals surface area (Å²) in [5.41, 5.74) is 1.26. The second kappa shape index (κ2) is 5.34. The average molecular weight is 260 g/mol. The van der Waals surface area contributed by atoms with Crippen LogP contribution in [0.5, 0.6) is 0 Å². The van der Waals surface area contributed by atoms with Gasteiger partial charge in [0.1, 0.15) is 11.6 Å². The maximum Gasteiger partial charge on any atom is 0.185 e. The fourth-order valence-corrected chi connectivity index (χ4v) is 1.87. The molecule has 0 bridgehead atoms. The predicted octanol–water partition coefficient (Wildman–Crippen LogP) is 3.01. The van der Waals surface area contributed by atoms with Crippen LogP contribution >= 0.6 is 0 Å². The Labute approximate surface area is 110 Å². The number of halogens is 1. The normalized spacial score (nSPS) is 15.6. The van der Waals surface area contributed by atoms with E-state index in [9.17, 15) is 4.39 Å². The molecule has 4 nitrogen and oxygen atoms in total. The summed E-state index contributed by atoms with van der Waals surface area (Å²) in [6.07, 6.45) is 1.33. The van der Waals surface area contributed by atoms with Gasteiger partial charge in [0.15, 0.2) is 6.29 Å². The lowest BCUT2D eigenvalue weighted by atomic mass is 10.2. The van der Waals surface area contributed by atoms with Gasteiger partial charge < -0.3 is 14.8 Å². The van der Waals surface area contributed by atoms with Gasteiger partial charge in [0.25, 0.3) is 0 Å². The van der Waals surface area contributed by atoms with Gasteiger partial charge in [-0.15, -0.1) is 0 Å². The van der Waals surface area contributed by atoms with Crippen molar-refractivity contribution in [2.24, 2.45) is 0 Å². The van der Waals surface area contributed by atoms with Crippen LogP contribution in [-0.2, 0) is 9.47 Å². The third-order valence-corrected chi connectivity index (χ3v) is 2.82. The molecule has 0 unspecified atom stereocenters. The Morgan fingerprint density at radius 2 is 1.89 bits per heavy atom. The molecule has 1 saturated heterocycles. The minimum Gasteiger partial charge on any atom is -0.346 e. The van der Waals surface area contributed by atoms with E-state index in [1.54, 1.807) is 30.5 Å². The highest BCUT2D eigenvalue weighted by atomic mass is 19.1. The summed E-state index contributed by atoms with van der Waals surface area (Å²) in [4.78, 5) is 4.22. The van der Waals surface area contributed by atoms with Crippen LogP contribution in [0.1, 0.15) is 11.9 Å². The van der Waals surface area contributed by atoms with Crippen LogP contribution in [0, 0.1) is 5.82 Å². The number of hydrogen-bond donors (Lipinski definition) is 1. The van der Waals surface area contributed by atoms with Gasteiger partial charge in [-0.1, -0.05) is 12.1 Å². The number of nitrogens with zero attached hydrogens (tertiary/aromatic N) is 1. The van der Waals surface area contributed by atoms with Crippen molar-refractivity contribution in [3.05, 3.63) is 54.0 Å². The van der Waals surface area contributed by atoms with Crippen molar-refractivity contribution in [1.82, 2.24) is 4.98 Å². The second-order valence-corrected chi connectivity index (χ2v) is 4.16. The van der Waals surface area contributed by atoms with Gasteiger partial charge in [-0.2, -0.15) is 0 Å². The number of para-hydroxylation sites is 1. The molecule has 1 aliphatic heterocycles. The lowest BCUT2D eigenvalue weighted by molar-refractivity contribution is -0.0443. The highest BCUT2D eigenvalue weighted by molar-refractivity contribution is 5.56. The van der Waals surface area contributed by atoms with Crippen LogP contribution in [0.4, 0.5) is 15.9 Å². The highest BCUT2D eigenvalue weighted by Crippen LogP contribution is 2.24. The van der Waals surface area contributed by atoms with Crippen molar-refractivity contribution in [2.45, 2.75) is 6.29 Å². The van der Waals surface area contributed by atoms with Crippen LogP contribution in [0.3, 0.4) is 0 Å². The van der Waals surface area contributed by atoms with E-state index >= 15 is 0 Å². The maximum atomic E-state index is 13.5. The molecule has 2 heterocycles. The Kier molecular flexibility index (Phi) is 3.39. The molecule has 0 aliphatic carbocycles. The molecule has 0 radical (unpaired) electrons. The van der Waals surface area contributed by atoms with E-state index in [1.165, 1.54) is 6.07 Å². The quantitative estimate of drug-likeness (QED) is 0.921. The molecule has 0 amide bonds. The number of rotatable bonds is 3. The van der Waals surface area contributed by atoms with E-state index in [0.29, 0.717) is 24.7 Å². The van der Waals surface area contributed by atoms with Gasteiger partial charge >= 0.3 is 0 Å². The number of ether oxygens (including phenoxy) is 2.